The highest BCUT2D eigenvalue weighted by atomic mass is 32.2. The smallest absolute Gasteiger partial charge is 0.340 e. The first-order valence-corrected chi connectivity index (χ1v) is 10.2. The molecule has 2 N–H and O–H groups in total. The van der Waals surface area contributed by atoms with Crippen molar-refractivity contribution in [2.24, 2.45) is 5.14 Å². The minimum Gasteiger partial charge on any atom is -0.456 e. The van der Waals surface area contributed by atoms with Gasteiger partial charge in [-0.05, 0) is 49.7 Å². The lowest BCUT2D eigenvalue weighted by atomic mass is 10.2. The van der Waals surface area contributed by atoms with Crippen LogP contribution < -0.4 is 5.14 Å². The van der Waals surface area contributed by atoms with Crippen LogP contribution in [0.5, 0.6) is 0 Å². The summed E-state index contributed by atoms with van der Waals surface area (Å²) in [6.07, 6.45) is 1.65. The van der Waals surface area contributed by atoms with Crippen LogP contribution in [-0.2, 0) is 27.9 Å². The summed E-state index contributed by atoms with van der Waals surface area (Å²) in [6, 6.07) is 13.6. The second-order valence-electron chi connectivity index (χ2n) is 6.46. The van der Waals surface area contributed by atoms with Crippen LogP contribution in [0, 0.1) is 13.8 Å². The first kappa shape index (κ1) is 19.8. The topological polar surface area (TPSA) is 104 Å². The van der Waals surface area contributed by atoms with E-state index in [1.165, 1.54) is 12.1 Å². The number of pyridine rings is 1. The number of sulfonamides is 1. The third-order valence-corrected chi connectivity index (χ3v) is 5.39. The minimum absolute atomic E-state index is 0.0657. The van der Waals surface area contributed by atoms with E-state index >= 15 is 0 Å². The molecule has 0 aliphatic rings. The summed E-state index contributed by atoms with van der Waals surface area (Å²) in [5, 5.41) is 5.13. The molecule has 0 unspecified atom stereocenters. The molecule has 146 valence electrons. The maximum atomic E-state index is 12.5. The van der Waals surface area contributed by atoms with Crippen molar-refractivity contribution >= 4 is 16.0 Å². The lowest BCUT2D eigenvalue weighted by molar-refractivity contribution is 0.0466. The number of nitrogens with two attached hydrogens (primary N) is 1. The highest BCUT2D eigenvalue weighted by Crippen LogP contribution is 2.19. The van der Waals surface area contributed by atoms with Crippen molar-refractivity contribution in [3.8, 4) is 0 Å². The van der Waals surface area contributed by atoms with E-state index in [1.807, 2.05) is 24.5 Å². The van der Waals surface area contributed by atoms with Gasteiger partial charge in [0.05, 0.1) is 16.2 Å². The van der Waals surface area contributed by atoms with Gasteiger partial charge < -0.3 is 9.30 Å². The van der Waals surface area contributed by atoms with E-state index in [0.717, 1.165) is 17.0 Å². The van der Waals surface area contributed by atoms with Gasteiger partial charge in [0.1, 0.15) is 6.61 Å². The largest absolute Gasteiger partial charge is 0.456 e. The van der Waals surface area contributed by atoms with Gasteiger partial charge in [0.25, 0.3) is 0 Å². The van der Waals surface area contributed by atoms with Crippen molar-refractivity contribution in [2.45, 2.75) is 31.9 Å². The Labute approximate surface area is 163 Å². The van der Waals surface area contributed by atoms with Gasteiger partial charge >= 0.3 is 5.97 Å². The number of primary sulfonamides is 1. The van der Waals surface area contributed by atoms with Crippen molar-refractivity contribution in [1.82, 2.24) is 9.55 Å². The zero-order valence-electron chi connectivity index (χ0n) is 15.6. The summed E-state index contributed by atoms with van der Waals surface area (Å²) in [4.78, 5) is 16.7. The normalized spacial score (nSPS) is 11.4. The molecule has 3 rings (SSSR count). The summed E-state index contributed by atoms with van der Waals surface area (Å²) in [5.74, 6) is -0.408. The van der Waals surface area contributed by atoms with E-state index in [4.69, 9.17) is 9.88 Å². The third-order valence-electron chi connectivity index (χ3n) is 4.46. The fourth-order valence-electron chi connectivity index (χ4n) is 2.92. The number of carbonyl (C=O) groups is 1. The van der Waals surface area contributed by atoms with Crippen LogP contribution in [0.3, 0.4) is 0 Å². The van der Waals surface area contributed by atoms with Crippen molar-refractivity contribution < 1.29 is 17.9 Å². The predicted molar refractivity (Wildman–Crippen MR) is 104 cm³/mol. The monoisotopic (exact) mass is 399 g/mol. The molecule has 0 amide bonds. The van der Waals surface area contributed by atoms with E-state index in [0.29, 0.717) is 17.8 Å². The first-order chi connectivity index (χ1) is 13.3. The van der Waals surface area contributed by atoms with E-state index in [1.54, 1.807) is 36.5 Å². The Morgan fingerprint density at radius 3 is 2.46 bits per heavy atom. The molecule has 0 spiro atoms. The summed E-state index contributed by atoms with van der Waals surface area (Å²) in [7, 11) is -3.72. The van der Waals surface area contributed by atoms with Gasteiger partial charge in [0.15, 0.2) is 0 Å². The van der Waals surface area contributed by atoms with E-state index in [9.17, 15) is 13.2 Å². The van der Waals surface area contributed by atoms with E-state index in [2.05, 4.69) is 4.98 Å². The maximum Gasteiger partial charge on any atom is 0.340 e. The zero-order chi connectivity index (χ0) is 20.3. The highest BCUT2D eigenvalue weighted by molar-refractivity contribution is 7.89. The molecule has 7 nitrogen and oxygen atoms in total. The second-order valence-corrected chi connectivity index (χ2v) is 8.02. The maximum absolute atomic E-state index is 12.5. The lowest BCUT2D eigenvalue weighted by Gasteiger charge is -2.11. The van der Waals surface area contributed by atoms with Crippen LogP contribution in [0.1, 0.15) is 33.0 Å². The van der Waals surface area contributed by atoms with Gasteiger partial charge in [-0.3, -0.25) is 4.98 Å². The third kappa shape index (κ3) is 4.47. The first-order valence-electron chi connectivity index (χ1n) is 8.61. The number of hydrogen-bond acceptors (Lipinski definition) is 5. The van der Waals surface area contributed by atoms with Crippen molar-refractivity contribution in [3.63, 3.8) is 0 Å². The molecule has 8 heteroatoms. The molecule has 0 aliphatic carbocycles. The fourth-order valence-corrected chi connectivity index (χ4v) is 3.43. The number of esters is 1. The van der Waals surface area contributed by atoms with Gasteiger partial charge in [0.2, 0.25) is 10.0 Å². The van der Waals surface area contributed by atoms with Crippen LogP contribution >= 0.6 is 0 Å². The van der Waals surface area contributed by atoms with Gasteiger partial charge in [-0.2, -0.15) is 0 Å². The molecule has 0 radical (unpaired) electrons. The average molecular weight is 399 g/mol. The van der Waals surface area contributed by atoms with Gasteiger partial charge in [0, 0.05) is 24.1 Å². The molecule has 0 saturated carbocycles. The van der Waals surface area contributed by atoms with Gasteiger partial charge in [-0.15, -0.1) is 0 Å². The van der Waals surface area contributed by atoms with Crippen LogP contribution in [0.2, 0.25) is 0 Å². The number of benzene rings is 1. The molecule has 2 aromatic heterocycles. The van der Waals surface area contributed by atoms with Crippen LogP contribution in [0.25, 0.3) is 0 Å². The molecule has 0 aliphatic heterocycles. The predicted octanol–water partition coefficient (Wildman–Crippen LogP) is 2.55. The number of nitrogens with zero attached hydrogens (tertiary/aromatic N) is 2. The molecule has 0 fully saturated rings. The number of ether oxygens (including phenoxy) is 1. The summed E-state index contributed by atoms with van der Waals surface area (Å²) < 4.78 is 30.1. The van der Waals surface area contributed by atoms with Crippen LogP contribution in [0.15, 0.2) is 59.6 Å². The molecule has 28 heavy (non-hydrogen) atoms. The number of hydrogen-bond donors (Lipinski definition) is 1. The molecule has 0 atom stereocenters. The van der Waals surface area contributed by atoms with Crippen molar-refractivity contribution in [1.29, 1.82) is 0 Å². The Bertz CT molecular complexity index is 1090. The molecule has 2 heterocycles. The average Bonchev–Trinajstić information content (AvgIpc) is 2.95. The SMILES string of the molecule is Cc1cc(C(=O)OCc2ccccn2)c(C)n1Cc1ccc(S(N)(=O)=O)cc1. The lowest BCUT2D eigenvalue weighted by Crippen LogP contribution is -2.12. The van der Waals surface area contributed by atoms with Gasteiger partial charge in [-0.1, -0.05) is 18.2 Å². The standard InChI is InChI=1S/C20H21N3O4S/c1-14-11-19(20(24)27-13-17-5-3-4-10-22-17)15(2)23(14)12-16-6-8-18(9-7-16)28(21,25)26/h3-11H,12-13H2,1-2H3,(H2,21,25,26). The van der Waals surface area contributed by atoms with Crippen molar-refractivity contribution in [3.05, 3.63) is 82.9 Å². The number of aryl methyl sites for hydroxylation is 1. The van der Waals surface area contributed by atoms with Crippen molar-refractivity contribution in [2.75, 3.05) is 0 Å². The highest BCUT2D eigenvalue weighted by Gasteiger charge is 2.17. The Hall–Kier alpha value is -2.97. The number of aromatic nitrogens is 2. The summed E-state index contributed by atoms with van der Waals surface area (Å²) in [6.45, 7) is 4.36. The zero-order valence-corrected chi connectivity index (χ0v) is 16.4. The summed E-state index contributed by atoms with van der Waals surface area (Å²) >= 11 is 0. The molecule has 3 aromatic rings. The van der Waals surface area contributed by atoms with Crippen LogP contribution in [0.4, 0.5) is 0 Å². The Balaban J connectivity index is 1.75. The Kier molecular flexibility index (Phi) is 5.62. The Morgan fingerprint density at radius 2 is 1.86 bits per heavy atom. The molecule has 1 aromatic carbocycles. The molecular formula is C20H21N3O4S. The summed E-state index contributed by atoms with van der Waals surface area (Å²) in [5.41, 5.74) is 3.74. The van der Waals surface area contributed by atoms with E-state index < -0.39 is 16.0 Å². The van der Waals surface area contributed by atoms with E-state index in [-0.39, 0.29) is 11.5 Å². The minimum atomic E-state index is -3.72. The molecule has 0 bridgehead atoms. The Morgan fingerprint density at radius 1 is 1.14 bits per heavy atom. The molecule has 0 saturated heterocycles. The number of rotatable bonds is 6. The second kappa shape index (κ2) is 7.95. The van der Waals surface area contributed by atoms with Crippen LogP contribution in [-0.4, -0.2) is 23.9 Å². The fraction of sp³-hybridized carbons (Fsp3) is 0.200. The quantitative estimate of drug-likeness (QED) is 0.642. The molecular weight excluding hydrogens is 378 g/mol. The van der Waals surface area contributed by atoms with Gasteiger partial charge in [-0.25, -0.2) is 18.4 Å². The number of carbonyl (C=O) groups excluding carboxylic acids is 1.